The van der Waals surface area contributed by atoms with Crippen LogP contribution in [-0.4, -0.2) is 24.5 Å². The van der Waals surface area contributed by atoms with E-state index in [-0.39, 0.29) is 5.69 Å². The third-order valence-electron chi connectivity index (χ3n) is 1.61. The molecule has 14 heavy (non-hydrogen) atoms. The lowest BCUT2D eigenvalue weighted by molar-refractivity contribution is -0.109. The van der Waals surface area contributed by atoms with E-state index in [1.54, 1.807) is 12.1 Å². The van der Waals surface area contributed by atoms with Gasteiger partial charge in [-0.1, -0.05) is 0 Å². The monoisotopic (exact) mass is 194 g/mol. The fourth-order valence-corrected chi connectivity index (χ4v) is 0.960. The minimum Gasteiger partial charge on any atom is -0.464 e. The molecule has 5 nitrogen and oxygen atoms in total. The van der Waals surface area contributed by atoms with Gasteiger partial charge in [-0.25, -0.2) is 9.78 Å². The Morgan fingerprint density at radius 1 is 1.71 bits per heavy atom. The lowest BCUT2D eigenvalue weighted by atomic mass is 10.2. The van der Waals surface area contributed by atoms with Crippen molar-refractivity contribution in [3.8, 4) is 0 Å². The number of nitrogens with one attached hydrogen (secondary N) is 1. The van der Waals surface area contributed by atoms with Crippen molar-refractivity contribution in [2.45, 2.75) is 6.54 Å². The molecule has 1 heterocycles. The maximum atomic E-state index is 11.1. The van der Waals surface area contributed by atoms with Gasteiger partial charge in [0.15, 0.2) is 0 Å². The molecule has 0 aliphatic heterocycles. The van der Waals surface area contributed by atoms with Gasteiger partial charge in [0.05, 0.1) is 7.11 Å². The molecular weight excluding hydrogens is 184 g/mol. The highest BCUT2D eigenvalue weighted by atomic mass is 16.5. The first-order valence-electron chi connectivity index (χ1n) is 3.98. The quantitative estimate of drug-likeness (QED) is 0.545. The molecule has 1 rings (SSSR count). The van der Waals surface area contributed by atoms with Crippen LogP contribution >= 0.6 is 0 Å². The summed E-state index contributed by atoms with van der Waals surface area (Å²) in [7, 11) is 1.29. The second-order valence-electron chi connectivity index (χ2n) is 2.54. The zero-order chi connectivity index (χ0) is 10.4. The molecule has 1 aromatic heterocycles. The molecule has 0 saturated carbocycles. The maximum Gasteiger partial charge on any atom is 0.356 e. The van der Waals surface area contributed by atoms with Crippen molar-refractivity contribution in [1.29, 1.82) is 0 Å². The van der Waals surface area contributed by atoms with E-state index in [1.807, 2.05) is 0 Å². The van der Waals surface area contributed by atoms with Crippen LogP contribution in [-0.2, 0) is 16.1 Å². The van der Waals surface area contributed by atoms with Gasteiger partial charge in [-0.15, -0.1) is 0 Å². The number of methoxy groups -OCH3 is 1. The molecule has 0 bridgehead atoms. The minimum absolute atomic E-state index is 0.234. The Kier molecular flexibility index (Phi) is 3.60. The predicted octanol–water partition coefficient (Wildman–Crippen LogP) is 0.114. The Bertz CT molecular complexity index is 339. The molecule has 74 valence electrons. The topological polar surface area (TPSA) is 68.3 Å². The lowest BCUT2D eigenvalue weighted by Gasteiger charge is -2.01. The van der Waals surface area contributed by atoms with Crippen molar-refractivity contribution in [1.82, 2.24) is 10.3 Å². The first kappa shape index (κ1) is 10.2. The second kappa shape index (κ2) is 4.96. The fourth-order valence-electron chi connectivity index (χ4n) is 0.960. The predicted molar refractivity (Wildman–Crippen MR) is 48.5 cm³/mol. The summed E-state index contributed by atoms with van der Waals surface area (Å²) in [6, 6.07) is 3.28. The summed E-state index contributed by atoms with van der Waals surface area (Å²) in [5.74, 6) is -0.488. The number of rotatable bonds is 4. The van der Waals surface area contributed by atoms with Gasteiger partial charge < -0.3 is 10.1 Å². The highest BCUT2D eigenvalue weighted by molar-refractivity contribution is 5.87. The fraction of sp³-hybridized carbons (Fsp3) is 0.222. The van der Waals surface area contributed by atoms with E-state index in [4.69, 9.17) is 0 Å². The van der Waals surface area contributed by atoms with Crippen LogP contribution < -0.4 is 5.32 Å². The van der Waals surface area contributed by atoms with Crippen LogP contribution in [0.1, 0.15) is 16.1 Å². The van der Waals surface area contributed by atoms with Gasteiger partial charge >= 0.3 is 5.97 Å². The van der Waals surface area contributed by atoms with Crippen LogP contribution in [0.15, 0.2) is 18.3 Å². The summed E-state index contributed by atoms with van der Waals surface area (Å²) >= 11 is 0. The lowest BCUT2D eigenvalue weighted by Crippen LogP contribution is -2.11. The summed E-state index contributed by atoms with van der Waals surface area (Å²) in [5, 5.41) is 2.49. The molecule has 1 N–H and O–H groups in total. The Labute approximate surface area is 81.1 Å². The van der Waals surface area contributed by atoms with Gasteiger partial charge in [-0.05, 0) is 17.7 Å². The van der Waals surface area contributed by atoms with Crippen LogP contribution in [0.5, 0.6) is 0 Å². The average Bonchev–Trinajstić information content (AvgIpc) is 2.25. The van der Waals surface area contributed by atoms with E-state index < -0.39 is 5.97 Å². The van der Waals surface area contributed by atoms with Crippen molar-refractivity contribution < 1.29 is 14.3 Å². The number of ether oxygens (including phenoxy) is 1. The molecular formula is C9H10N2O3. The summed E-state index contributed by atoms with van der Waals surface area (Å²) in [5.41, 5.74) is 1.03. The zero-order valence-electron chi connectivity index (χ0n) is 7.69. The van der Waals surface area contributed by atoms with E-state index in [0.29, 0.717) is 13.0 Å². The van der Waals surface area contributed by atoms with Gasteiger partial charge in [0.1, 0.15) is 5.69 Å². The molecule has 0 atom stereocenters. The molecule has 0 aromatic carbocycles. The molecule has 0 aliphatic carbocycles. The summed E-state index contributed by atoms with van der Waals surface area (Å²) < 4.78 is 4.50. The van der Waals surface area contributed by atoms with Crippen molar-refractivity contribution in [2.24, 2.45) is 0 Å². The van der Waals surface area contributed by atoms with Gasteiger partial charge in [-0.3, -0.25) is 4.79 Å². The molecule has 0 radical (unpaired) electrons. The number of aromatic nitrogens is 1. The van der Waals surface area contributed by atoms with Crippen LogP contribution in [0.4, 0.5) is 0 Å². The maximum absolute atomic E-state index is 11.1. The standard InChI is InChI=1S/C9H10N2O3/c1-14-9(13)8-4-7(2-3-11-8)5-10-6-12/h2-4,6H,5H2,1H3,(H,10,12). The number of hydrogen-bond acceptors (Lipinski definition) is 4. The molecule has 0 aliphatic rings. The second-order valence-corrected chi connectivity index (χ2v) is 2.54. The Hall–Kier alpha value is -1.91. The number of pyridine rings is 1. The van der Waals surface area contributed by atoms with Crippen LogP contribution in [0.25, 0.3) is 0 Å². The highest BCUT2D eigenvalue weighted by Gasteiger charge is 2.06. The van der Waals surface area contributed by atoms with E-state index in [0.717, 1.165) is 5.56 Å². The number of hydrogen-bond donors (Lipinski definition) is 1. The molecule has 5 heteroatoms. The summed E-state index contributed by atoms with van der Waals surface area (Å²) in [6.45, 7) is 0.371. The van der Waals surface area contributed by atoms with E-state index in [1.165, 1.54) is 13.3 Å². The number of esters is 1. The summed E-state index contributed by atoms with van der Waals surface area (Å²) in [4.78, 5) is 24.9. The van der Waals surface area contributed by atoms with Crippen LogP contribution in [0.3, 0.4) is 0 Å². The largest absolute Gasteiger partial charge is 0.464 e. The van der Waals surface area contributed by atoms with Gasteiger partial charge in [-0.2, -0.15) is 0 Å². The molecule has 0 spiro atoms. The van der Waals surface area contributed by atoms with Crippen molar-refractivity contribution >= 4 is 12.4 Å². The van der Waals surface area contributed by atoms with Crippen LogP contribution in [0, 0.1) is 0 Å². The van der Waals surface area contributed by atoms with Crippen molar-refractivity contribution in [3.05, 3.63) is 29.6 Å². The molecule has 0 unspecified atom stereocenters. The summed E-state index contributed by atoms with van der Waals surface area (Å²) in [6.07, 6.45) is 2.09. The van der Waals surface area contributed by atoms with Crippen molar-refractivity contribution in [3.63, 3.8) is 0 Å². The normalized spacial score (nSPS) is 9.21. The Morgan fingerprint density at radius 3 is 3.14 bits per heavy atom. The molecule has 1 amide bonds. The third-order valence-corrected chi connectivity index (χ3v) is 1.61. The van der Waals surface area contributed by atoms with E-state index in [2.05, 4.69) is 15.0 Å². The number of nitrogens with zero attached hydrogens (tertiary/aromatic N) is 1. The molecule has 0 fully saturated rings. The third kappa shape index (κ3) is 2.55. The minimum atomic E-state index is -0.488. The SMILES string of the molecule is COC(=O)c1cc(CNC=O)ccn1. The first-order chi connectivity index (χ1) is 6.77. The Balaban J connectivity index is 2.78. The highest BCUT2D eigenvalue weighted by Crippen LogP contribution is 2.02. The van der Waals surface area contributed by atoms with E-state index >= 15 is 0 Å². The zero-order valence-corrected chi connectivity index (χ0v) is 7.69. The van der Waals surface area contributed by atoms with Crippen molar-refractivity contribution in [2.75, 3.05) is 7.11 Å². The number of amides is 1. The van der Waals surface area contributed by atoms with Crippen LogP contribution in [0.2, 0.25) is 0 Å². The van der Waals surface area contributed by atoms with E-state index in [9.17, 15) is 9.59 Å². The Morgan fingerprint density at radius 2 is 2.50 bits per heavy atom. The molecule has 0 saturated heterocycles. The first-order valence-corrected chi connectivity index (χ1v) is 3.98. The smallest absolute Gasteiger partial charge is 0.356 e. The van der Waals surface area contributed by atoms with Gasteiger partial charge in [0, 0.05) is 12.7 Å². The average molecular weight is 194 g/mol. The number of carbonyl (C=O) groups is 2. The number of carbonyl (C=O) groups excluding carboxylic acids is 2. The molecule has 1 aromatic rings. The van der Waals surface area contributed by atoms with Gasteiger partial charge in [0.25, 0.3) is 0 Å². The van der Waals surface area contributed by atoms with Gasteiger partial charge in [0.2, 0.25) is 6.41 Å².